The second-order valence-corrected chi connectivity index (χ2v) is 4.95. The van der Waals surface area contributed by atoms with Crippen molar-refractivity contribution in [2.45, 2.75) is 19.3 Å². The molecule has 5 heteroatoms. The number of thiophene rings is 1. The van der Waals surface area contributed by atoms with Gasteiger partial charge in [-0.25, -0.2) is 9.97 Å². The van der Waals surface area contributed by atoms with Crippen LogP contribution >= 0.6 is 22.9 Å². The van der Waals surface area contributed by atoms with Crippen molar-refractivity contribution >= 4 is 28.9 Å². The van der Waals surface area contributed by atoms with Gasteiger partial charge >= 0.3 is 0 Å². The van der Waals surface area contributed by atoms with E-state index in [0.717, 1.165) is 23.8 Å². The standard InChI is InChI=1S/C12H14ClN3S/c1-9-11(5-13)6-14-12(15-9)16(2)7-10-3-4-17-8-10/h3-4,6,8H,5,7H2,1-2H3. The van der Waals surface area contributed by atoms with Crippen molar-refractivity contribution in [3.8, 4) is 0 Å². The van der Waals surface area contributed by atoms with Gasteiger partial charge < -0.3 is 4.90 Å². The summed E-state index contributed by atoms with van der Waals surface area (Å²) in [6, 6.07) is 2.11. The maximum atomic E-state index is 5.79. The number of hydrogen-bond acceptors (Lipinski definition) is 4. The second kappa shape index (κ2) is 5.47. The smallest absolute Gasteiger partial charge is 0.225 e. The third-order valence-corrected chi connectivity index (χ3v) is 3.57. The van der Waals surface area contributed by atoms with Crippen LogP contribution in [-0.2, 0) is 12.4 Å². The Labute approximate surface area is 110 Å². The molecule has 0 saturated heterocycles. The molecule has 0 bridgehead atoms. The van der Waals surface area contributed by atoms with Crippen molar-refractivity contribution in [2.24, 2.45) is 0 Å². The Morgan fingerprint density at radius 3 is 2.88 bits per heavy atom. The molecule has 0 aliphatic heterocycles. The minimum atomic E-state index is 0.459. The largest absolute Gasteiger partial charge is 0.340 e. The van der Waals surface area contributed by atoms with Crippen LogP contribution in [0.25, 0.3) is 0 Å². The van der Waals surface area contributed by atoms with Crippen LogP contribution in [0.5, 0.6) is 0 Å². The number of hydrogen-bond donors (Lipinski definition) is 0. The molecule has 90 valence electrons. The Hall–Kier alpha value is -1.13. The zero-order valence-corrected chi connectivity index (χ0v) is 11.4. The lowest BCUT2D eigenvalue weighted by Gasteiger charge is -2.17. The molecule has 0 amide bonds. The summed E-state index contributed by atoms with van der Waals surface area (Å²) in [5, 5.41) is 4.21. The fourth-order valence-corrected chi connectivity index (χ4v) is 2.44. The maximum absolute atomic E-state index is 5.79. The molecule has 17 heavy (non-hydrogen) atoms. The number of rotatable bonds is 4. The minimum absolute atomic E-state index is 0.459. The molecule has 2 aromatic heterocycles. The van der Waals surface area contributed by atoms with E-state index in [9.17, 15) is 0 Å². The third-order valence-electron chi connectivity index (χ3n) is 2.55. The van der Waals surface area contributed by atoms with Crippen molar-refractivity contribution < 1.29 is 0 Å². The molecule has 0 fully saturated rings. The predicted molar refractivity (Wildman–Crippen MR) is 72.8 cm³/mol. The lowest BCUT2D eigenvalue weighted by atomic mass is 10.3. The van der Waals surface area contributed by atoms with Gasteiger partial charge in [0.25, 0.3) is 0 Å². The van der Waals surface area contributed by atoms with Gasteiger partial charge in [-0.1, -0.05) is 0 Å². The molecule has 0 aromatic carbocycles. The monoisotopic (exact) mass is 267 g/mol. The summed E-state index contributed by atoms with van der Waals surface area (Å²) in [4.78, 5) is 10.8. The van der Waals surface area contributed by atoms with E-state index in [4.69, 9.17) is 11.6 Å². The molecule has 3 nitrogen and oxygen atoms in total. The molecule has 0 atom stereocenters. The molecule has 2 aromatic rings. The summed E-state index contributed by atoms with van der Waals surface area (Å²) >= 11 is 7.49. The fourth-order valence-electron chi connectivity index (χ4n) is 1.52. The van der Waals surface area contributed by atoms with Crippen molar-refractivity contribution in [3.63, 3.8) is 0 Å². The first kappa shape index (κ1) is 12.3. The van der Waals surface area contributed by atoms with Crippen molar-refractivity contribution in [2.75, 3.05) is 11.9 Å². The molecular formula is C12H14ClN3S. The first-order valence-corrected chi connectivity index (χ1v) is 6.79. The van der Waals surface area contributed by atoms with E-state index in [1.807, 2.05) is 18.9 Å². The number of anilines is 1. The SMILES string of the molecule is Cc1nc(N(C)Cc2ccsc2)ncc1CCl. The van der Waals surface area contributed by atoms with Crippen molar-refractivity contribution in [1.29, 1.82) is 0 Å². The van der Waals surface area contributed by atoms with Gasteiger partial charge in [0, 0.05) is 31.0 Å². The molecule has 2 rings (SSSR count). The first-order chi connectivity index (χ1) is 8.20. The van der Waals surface area contributed by atoms with Gasteiger partial charge in [-0.15, -0.1) is 11.6 Å². The number of alkyl halides is 1. The molecule has 0 aliphatic carbocycles. The molecule has 0 aliphatic rings. The van der Waals surface area contributed by atoms with E-state index in [0.29, 0.717) is 5.88 Å². The predicted octanol–water partition coefficient (Wildman–Crippen LogP) is 3.22. The topological polar surface area (TPSA) is 29.0 Å². The van der Waals surface area contributed by atoms with Crippen LogP contribution < -0.4 is 4.90 Å². The zero-order chi connectivity index (χ0) is 12.3. The van der Waals surface area contributed by atoms with Crippen LogP contribution in [0.2, 0.25) is 0 Å². The number of halogens is 1. The molecule has 0 radical (unpaired) electrons. The summed E-state index contributed by atoms with van der Waals surface area (Å²) in [5.41, 5.74) is 3.21. The Morgan fingerprint density at radius 2 is 2.29 bits per heavy atom. The van der Waals surface area contributed by atoms with Crippen LogP contribution in [-0.4, -0.2) is 17.0 Å². The number of aromatic nitrogens is 2. The van der Waals surface area contributed by atoms with Crippen LogP contribution in [0.1, 0.15) is 16.8 Å². The average Bonchev–Trinajstić information content (AvgIpc) is 2.81. The number of aryl methyl sites for hydroxylation is 1. The normalized spacial score (nSPS) is 10.5. The molecule has 0 N–H and O–H groups in total. The van der Waals surface area contributed by atoms with E-state index in [-0.39, 0.29) is 0 Å². The van der Waals surface area contributed by atoms with E-state index < -0.39 is 0 Å². The van der Waals surface area contributed by atoms with Crippen LogP contribution in [0.15, 0.2) is 23.0 Å². The summed E-state index contributed by atoms with van der Waals surface area (Å²) in [6.45, 7) is 2.78. The quantitative estimate of drug-likeness (QED) is 0.797. The summed E-state index contributed by atoms with van der Waals surface area (Å²) in [7, 11) is 1.99. The molecule has 2 heterocycles. The number of nitrogens with zero attached hydrogens (tertiary/aromatic N) is 3. The van der Waals surface area contributed by atoms with Gasteiger partial charge in [0.15, 0.2) is 0 Å². The van der Waals surface area contributed by atoms with Gasteiger partial charge in [0.1, 0.15) is 0 Å². The van der Waals surface area contributed by atoms with E-state index >= 15 is 0 Å². The lowest BCUT2D eigenvalue weighted by Crippen LogP contribution is -2.19. The Morgan fingerprint density at radius 1 is 1.47 bits per heavy atom. The van der Waals surface area contributed by atoms with Crippen LogP contribution in [0.3, 0.4) is 0 Å². The zero-order valence-electron chi connectivity index (χ0n) is 9.85. The van der Waals surface area contributed by atoms with Crippen LogP contribution in [0.4, 0.5) is 5.95 Å². The average molecular weight is 268 g/mol. The van der Waals surface area contributed by atoms with Gasteiger partial charge in [-0.3, -0.25) is 0 Å². The highest BCUT2D eigenvalue weighted by molar-refractivity contribution is 7.07. The van der Waals surface area contributed by atoms with Gasteiger partial charge in [-0.05, 0) is 29.3 Å². The Bertz CT molecular complexity index is 485. The van der Waals surface area contributed by atoms with Crippen molar-refractivity contribution in [3.05, 3.63) is 39.8 Å². The highest BCUT2D eigenvalue weighted by Crippen LogP contribution is 2.15. The molecule has 0 saturated carbocycles. The maximum Gasteiger partial charge on any atom is 0.225 e. The second-order valence-electron chi connectivity index (χ2n) is 3.90. The first-order valence-electron chi connectivity index (χ1n) is 5.31. The van der Waals surface area contributed by atoms with Crippen molar-refractivity contribution in [1.82, 2.24) is 9.97 Å². The molecular weight excluding hydrogens is 254 g/mol. The highest BCUT2D eigenvalue weighted by atomic mass is 35.5. The Balaban J connectivity index is 2.14. The fraction of sp³-hybridized carbons (Fsp3) is 0.333. The molecule has 0 unspecified atom stereocenters. The molecule has 0 spiro atoms. The summed E-state index contributed by atoms with van der Waals surface area (Å²) in [5.74, 6) is 1.20. The van der Waals surface area contributed by atoms with Gasteiger partial charge in [0.05, 0.1) is 5.88 Å². The minimum Gasteiger partial charge on any atom is -0.340 e. The van der Waals surface area contributed by atoms with Crippen LogP contribution in [0, 0.1) is 6.92 Å². The highest BCUT2D eigenvalue weighted by Gasteiger charge is 2.07. The van der Waals surface area contributed by atoms with Gasteiger partial charge in [-0.2, -0.15) is 11.3 Å². The lowest BCUT2D eigenvalue weighted by molar-refractivity contribution is 0.856. The van der Waals surface area contributed by atoms with Gasteiger partial charge in [0.2, 0.25) is 5.95 Å². The summed E-state index contributed by atoms with van der Waals surface area (Å²) < 4.78 is 0. The van der Waals surface area contributed by atoms with E-state index in [1.165, 1.54) is 5.56 Å². The summed E-state index contributed by atoms with van der Waals surface area (Å²) in [6.07, 6.45) is 1.80. The Kier molecular flexibility index (Phi) is 3.97. The van der Waals surface area contributed by atoms with E-state index in [2.05, 4.69) is 26.8 Å². The van der Waals surface area contributed by atoms with E-state index in [1.54, 1.807) is 17.5 Å². The third kappa shape index (κ3) is 2.96.